The van der Waals surface area contributed by atoms with E-state index in [0.717, 1.165) is 27.3 Å². The summed E-state index contributed by atoms with van der Waals surface area (Å²) in [6.45, 7) is 8.44. The normalized spacial score (nSPS) is 11.6. The van der Waals surface area contributed by atoms with Crippen molar-refractivity contribution >= 4 is 29.5 Å². The molecule has 0 aliphatic heterocycles. The molecular formula is C19H22ClN5S. The Morgan fingerprint density at radius 2 is 1.88 bits per heavy atom. The number of hydrogen-bond acceptors (Lipinski definition) is 5. The molecule has 26 heavy (non-hydrogen) atoms. The molecule has 2 aromatic heterocycles. The minimum absolute atomic E-state index is 0.177. The van der Waals surface area contributed by atoms with Crippen LogP contribution in [0.4, 0.5) is 5.95 Å². The molecule has 1 N–H and O–H groups in total. The summed E-state index contributed by atoms with van der Waals surface area (Å²) in [6.07, 6.45) is 3.70. The third-order valence-corrected chi connectivity index (χ3v) is 4.96. The van der Waals surface area contributed by atoms with Crippen LogP contribution in [0.1, 0.15) is 31.9 Å². The van der Waals surface area contributed by atoms with Crippen molar-refractivity contribution in [1.82, 2.24) is 19.7 Å². The average molecular weight is 388 g/mol. The van der Waals surface area contributed by atoms with Crippen LogP contribution in [-0.2, 0) is 12.5 Å². The zero-order valence-electron chi connectivity index (χ0n) is 15.5. The van der Waals surface area contributed by atoms with E-state index < -0.39 is 0 Å². The molecule has 0 fully saturated rings. The van der Waals surface area contributed by atoms with Crippen LogP contribution in [0.25, 0.3) is 11.3 Å². The van der Waals surface area contributed by atoms with Gasteiger partial charge in [0.15, 0.2) is 0 Å². The van der Waals surface area contributed by atoms with Crippen LogP contribution in [-0.4, -0.2) is 19.7 Å². The van der Waals surface area contributed by atoms with Crippen molar-refractivity contribution in [2.75, 3.05) is 4.72 Å². The molecule has 136 valence electrons. The third-order valence-electron chi connectivity index (χ3n) is 3.96. The molecule has 0 saturated heterocycles. The van der Waals surface area contributed by atoms with E-state index in [1.807, 2.05) is 25.4 Å². The zero-order valence-corrected chi connectivity index (χ0v) is 17.1. The van der Waals surface area contributed by atoms with Gasteiger partial charge in [-0.15, -0.1) is 0 Å². The number of nitrogens with zero attached hydrogens (tertiary/aromatic N) is 4. The van der Waals surface area contributed by atoms with Crippen molar-refractivity contribution in [1.29, 1.82) is 0 Å². The zero-order chi connectivity index (χ0) is 18.9. The quantitative estimate of drug-likeness (QED) is 0.489. The maximum atomic E-state index is 6.59. The highest BCUT2D eigenvalue weighted by molar-refractivity contribution is 8.00. The monoisotopic (exact) mass is 387 g/mol. The van der Waals surface area contributed by atoms with Crippen LogP contribution < -0.4 is 4.72 Å². The number of benzene rings is 1. The lowest BCUT2D eigenvalue weighted by Crippen LogP contribution is -2.16. The number of hydrogen-bond donors (Lipinski definition) is 1. The molecule has 0 radical (unpaired) electrons. The minimum atomic E-state index is -0.177. The molecule has 0 aliphatic carbocycles. The van der Waals surface area contributed by atoms with E-state index in [9.17, 15) is 0 Å². The summed E-state index contributed by atoms with van der Waals surface area (Å²) in [7, 11) is 1.88. The van der Waals surface area contributed by atoms with E-state index in [4.69, 9.17) is 16.6 Å². The van der Waals surface area contributed by atoms with Gasteiger partial charge < -0.3 is 0 Å². The molecule has 7 heteroatoms. The molecule has 3 aromatic rings. The predicted octanol–water partition coefficient (Wildman–Crippen LogP) is 5.26. The summed E-state index contributed by atoms with van der Waals surface area (Å²) in [5.41, 5.74) is 3.86. The maximum Gasteiger partial charge on any atom is 0.235 e. The van der Waals surface area contributed by atoms with Crippen molar-refractivity contribution in [2.45, 2.75) is 38.0 Å². The summed E-state index contributed by atoms with van der Waals surface area (Å²) in [5.74, 6) is 0.482. The molecule has 0 spiro atoms. The van der Waals surface area contributed by atoms with Gasteiger partial charge in [0.05, 0.1) is 16.8 Å². The Morgan fingerprint density at radius 3 is 2.50 bits per heavy atom. The van der Waals surface area contributed by atoms with Crippen LogP contribution in [0.5, 0.6) is 0 Å². The SMILES string of the molecule is Cc1ccccc1-c1nc(NSc2cnn(C)c2)nc(Cl)c1C(C)(C)C. The van der Waals surface area contributed by atoms with Gasteiger partial charge in [-0.1, -0.05) is 56.6 Å². The Labute approximate surface area is 163 Å². The van der Waals surface area contributed by atoms with Crippen molar-refractivity contribution in [3.05, 3.63) is 52.9 Å². The van der Waals surface area contributed by atoms with Gasteiger partial charge in [-0.3, -0.25) is 9.40 Å². The molecular weight excluding hydrogens is 366 g/mol. The van der Waals surface area contributed by atoms with Gasteiger partial charge in [0.1, 0.15) is 5.15 Å². The molecule has 1 aromatic carbocycles. The average Bonchev–Trinajstić information content (AvgIpc) is 2.97. The second-order valence-electron chi connectivity index (χ2n) is 7.18. The summed E-state index contributed by atoms with van der Waals surface area (Å²) in [4.78, 5) is 10.2. The summed E-state index contributed by atoms with van der Waals surface area (Å²) in [6, 6.07) is 8.19. The first-order valence-corrected chi connectivity index (χ1v) is 9.50. The van der Waals surface area contributed by atoms with Crippen LogP contribution in [0.2, 0.25) is 5.15 Å². The maximum absolute atomic E-state index is 6.59. The molecule has 0 bridgehead atoms. The highest BCUT2D eigenvalue weighted by Crippen LogP contribution is 2.38. The van der Waals surface area contributed by atoms with E-state index in [0.29, 0.717) is 11.1 Å². The summed E-state index contributed by atoms with van der Waals surface area (Å²) >= 11 is 8.00. The molecule has 5 nitrogen and oxygen atoms in total. The van der Waals surface area contributed by atoms with Crippen LogP contribution in [0.3, 0.4) is 0 Å². The highest BCUT2D eigenvalue weighted by atomic mass is 35.5. The van der Waals surface area contributed by atoms with Crippen molar-refractivity contribution in [3.63, 3.8) is 0 Å². The van der Waals surface area contributed by atoms with Gasteiger partial charge >= 0.3 is 0 Å². The van der Waals surface area contributed by atoms with Crippen molar-refractivity contribution in [2.24, 2.45) is 7.05 Å². The number of aryl methyl sites for hydroxylation is 2. The topological polar surface area (TPSA) is 55.6 Å². The Hall–Kier alpha value is -2.05. The molecule has 0 saturated carbocycles. The first-order chi connectivity index (χ1) is 12.3. The molecule has 3 rings (SSSR count). The largest absolute Gasteiger partial charge is 0.294 e. The molecule has 0 amide bonds. The fourth-order valence-electron chi connectivity index (χ4n) is 2.73. The number of aromatic nitrogens is 4. The Bertz CT molecular complexity index is 930. The van der Waals surface area contributed by atoms with E-state index in [-0.39, 0.29) is 5.41 Å². The lowest BCUT2D eigenvalue weighted by molar-refractivity contribution is 0.587. The summed E-state index contributed by atoms with van der Waals surface area (Å²) < 4.78 is 4.93. The fraction of sp³-hybridized carbons (Fsp3) is 0.316. The molecule has 0 unspecified atom stereocenters. The van der Waals surface area contributed by atoms with Gasteiger partial charge in [0.2, 0.25) is 5.95 Å². The van der Waals surface area contributed by atoms with E-state index >= 15 is 0 Å². The van der Waals surface area contributed by atoms with Gasteiger partial charge in [-0.05, 0) is 29.9 Å². The van der Waals surface area contributed by atoms with Gasteiger partial charge in [-0.25, -0.2) is 9.97 Å². The Morgan fingerprint density at radius 1 is 1.15 bits per heavy atom. The first-order valence-electron chi connectivity index (χ1n) is 8.31. The van der Waals surface area contributed by atoms with Crippen LogP contribution in [0, 0.1) is 6.92 Å². The fourth-order valence-corrected chi connectivity index (χ4v) is 3.79. The van der Waals surface area contributed by atoms with Crippen LogP contribution >= 0.6 is 23.5 Å². The van der Waals surface area contributed by atoms with Crippen LogP contribution in [0.15, 0.2) is 41.6 Å². The number of nitrogens with one attached hydrogen (secondary N) is 1. The molecule has 2 heterocycles. The third kappa shape index (κ3) is 4.02. The lowest BCUT2D eigenvalue weighted by Gasteiger charge is -2.24. The van der Waals surface area contributed by atoms with E-state index in [1.54, 1.807) is 10.9 Å². The lowest BCUT2D eigenvalue weighted by atomic mass is 9.84. The first kappa shape index (κ1) is 18.7. The minimum Gasteiger partial charge on any atom is -0.294 e. The smallest absolute Gasteiger partial charge is 0.235 e. The number of rotatable bonds is 4. The molecule has 0 aliphatic rings. The number of halogens is 1. The summed E-state index contributed by atoms with van der Waals surface area (Å²) in [5, 5.41) is 4.63. The van der Waals surface area contributed by atoms with Crippen molar-refractivity contribution < 1.29 is 0 Å². The Kier molecular flexibility index (Phi) is 5.25. The number of anilines is 1. The predicted molar refractivity (Wildman–Crippen MR) is 109 cm³/mol. The van der Waals surface area contributed by atoms with Gasteiger partial charge in [0.25, 0.3) is 0 Å². The molecule has 0 atom stereocenters. The van der Waals surface area contributed by atoms with Crippen molar-refractivity contribution in [3.8, 4) is 11.3 Å². The Balaban J connectivity index is 2.04. The second kappa shape index (κ2) is 7.29. The van der Waals surface area contributed by atoms with Gasteiger partial charge in [0, 0.05) is 24.4 Å². The van der Waals surface area contributed by atoms with Gasteiger partial charge in [-0.2, -0.15) is 5.10 Å². The highest BCUT2D eigenvalue weighted by Gasteiger charge is 2.26. The van der Waals surface area contributed by atoms with E-state index in [1.165, 1.54) is 11.9 Å². The van der Waals surface area contributed by atoms with E-state index in [2.05, 4.69) is 54.6 Å². The standard InChI is InChI=1S/C19H22ClN5S/c1-12-8-6-7-9-14(12)16-15(19(2,3)4)17(20)23-18(22-16)24-26-13-10-21-25(5)11-13/h6-11H,1-5H3,(H,22,23,24). The second-order valence-corrected chi connectivity index (χ2v) is 8.42.